The zero-order valence-corrected chi connectivity index (χ0v) is 8.96. The van der Waals surface area contributed by atoms with E-state index in [2.05, 4.69) is 0 Å². The van der Waals surface area contributed by atoms with Crippen LogP contribution in [0.1, 0.15) is 12.5 Å². The molecule has 1 saturated heterocycles. The number of epoxide rings is 1. The summed E-state index contributed by atoms with van der Waals surface area (Å²) in [5.74, 6) is 0. The molecule has 0 spiro atoms. The van der Waals surface area contributed by atoms with Gasteiger partial charge in [-0.25, -0.2) is 0 Å². The van der Waals surface area contributed by atoms with Crippen molar-refractivity contribution in [2.24, 2.45) is 0 Å². The summed E-state index contributed by atoms with van der Waals surface area (Å²) in [6, 6.07) is 6.52. The van der Waals surface area contributed by atoms with Crippen LogP contribution in [0.25, 0.3) is 0 Å². The summed E-state index contributed by atoms with van der Waals surface area (Å²) in [4.78, 5) is 10.0. The van der Waals surface area contributed by atoms with Crippen molar-refractivity contribution in [2.75, 3.05) is 6.61 Å². The molecule has 2 atom stereocenters. The van der Waals surface area contributed by atoms with Crippen LogP contribution >= 0.6 is 0 Å². The third-order valence-electron chi connectivity index (χ3n) is 2.45. The van der Waals surface area contributed by atoms with E-state index in [-0.39, 0.29) is 18.1 Å². The SMILES string of the molecule is CCOC1OC1Cc1ccc([N+](=O)[O-])cc1. The average Bonchev–Trinajstić information content (AvgIpc) is 2.98. The summed E-state index contributed by atoms with van der Waals surface area (Å²) in [7, 11) is 0. The van der Waals surface area contributed by atoms with Gasteiger partial charge in [-0.2, -0.15) is 0 Å². The molecule has 5 heteroatoms. The van der Waals surface area contributed by atoms with Gasteiger partial charge in [-0.15, -0.1) is 0 Å². The number of nitro groups is 1. The molecule has 1 heterocycles. The third kappa shape index (κ3) is 2.56. The Labute approximate surface area is 93.1 Å². The summed E-state index contributed by atoms with van der Waals surface area (Å²) in [6.45, 7) is 2.56. The zero-order chi connectivity index (χ0) is 11.5. The number of ether oxygens (including phenoxy) is 2. The highest BCUT2D eigenvalue weighted by Gasteiger charge is 2.39. The largest absolute Gasteiger partial charge is 0.350 e. The number of hydrogen-bond donors (Lipinski definition) is 0. The molecule has 0 aromatic heterocycles. The Hall–Kier alpha value is -1.46. The molecule has 1 aliphatic rings. The number of hydrogen-bond acceptors (Lipinski definition) is 4. The first-order valence-electron chi connectivity index (χ1n) is 5.21. The summed E-state index contributed by atoms with van der Waals surface area (Å²) in [5, 5.41) is 10.4. The van der Waals surface area contributed by atoms with E-state index in [4.69, 9.17) is 9.47 Å². The van der Waals surface area contributed by atoms with Gasteiger partial charge in [0.25, 0.3) is 5.69 Å². The minimum atomic E-state index is -0.402. The van der Waals surface area contributed by atoms with E-state index in [0.29, 0.717) is 6.61 Å². The molecule has 0 aliphatic carbocycles. The molecule has 0 bridgehead atoms. The summed E-state index contributed by atoms with van der Waals surface area (Å²) < 4.78 is 10.6. The van der Waals surface area contributed by atoms with Crippen LogP contribution in [0.5, 0.6) is 0 Å². The van der Waals surface area contributed by atoms with Crippen molar-refractivity contribution in [3.8, 4) is 0 Å². The highest BCUT2D eigenvalue weighted by molar-refractivity contribution is 5.33. The molecule has 86 valence electrons. The molecule has 1 aliphatic heterocycles. The lowest BCUT2D eigenvalue weighted by Crippen LogP contribution is -2.02. The Bertz CT molecular complexity index is 376. The molecule has 16 heavy (non-hydrogen) atoms. The first kappa shape index (κ1) is 11.0. The first-order chi connectivity index (χ1) is 7.70. The maximum Gasteiger partial charge on any atom is 0.269 e. The Morgan fingerprint density at radius 2 is 2.12 bits per heavy atom. The van der Waals surface area contributed by atoms with Crippen LogP contribution in [-0.4, -0.2) is 23.9 Å². The fourth-order valence-electron chi connectivity index (χ4n) is 1.57. The third-order valence-corrected chi connectivity index (χ3v) is 2.45. The number of non-ortho nitro benzene ring substituents is 1. The minimum Gasteiger partial charge on any atom is -0.350 e. The van der Waals surface area contributed by atoms with Crippen LogP contribution < -0.4 is 0 Å². The molecule has 1 aromatic carbocycles. The van der Waals surface area contributed by atoms with Crippen molar-refractivity contribution in [1.29, 1.82) is 0 Å². The van der Waals surface area contributed by atoms with Crippen LogP contribution in [0.2, 0.25) is 0 Å². The van der Waals surface area contributed by atoms with Crippen molar-refractivity contribution in [2.45, 2.75) is 25.7 Å². The van der Waals surface area contributed by atoms with Crippen molar-refractivity contribution in [1.82, 2.24) is 0 Å². The van der Waals surface area contributed by atoms with E-state index < -0.39 is 4.92 Å². The fourth-order valence-corrected chi connectivity index (χ4v) is 1.57. The van der Waals surface area contributed by atoms with Gasteiger partial charge in [0, 0.05) is 25.2 Å². The van der Waals surface area contributed by atoms with Crippen molar-refractivity contribution < 1.29 is 14.4 Å². The number of rotatable bonds is 5. The second kappa shape index (κ2) is 4.59. The molecule has 0 amide bonds. The molecular formula is C11H13NO4. The van der Waals surface area contributed by atoms with E-state index in [1.807, 2.05) is 6.92 Å². The maximum atomic E-state index is 10.4. The summed E-state index contributed by atoms with van der Waals surface area (Å²) in [6.07, 6.45) is 0.740. The van der Waals surface area contributed by atoms with Crippen LogP contribution in [0, 0.1) is 10.1 Å². The zero-order valence-electron chi connectivity index (χ0n) is 8.96. The Kier molecular flexibility index (Phi) is 3.17. The van der Waals surface area contributed by atoms with E-state index in [9.17, 15) is 10.1 Å². The lowest BCUT2D eigenvalue weighted by Gasteiger charge is -1.97. The van der Waals surface area contributed by atoms with Crippen LogP contribution in [0.15, 0.2) is 24.3 Å². The topological polar surface area (TPSA) is 64.9 Å². The Balaban J connectivity index is 1.89. The van der Waals surface area contributed by atoms with Crippen LogP contribution in [0.4, 0.5) is 5.69 Å². The van der Waals surface area contributed by atoms with Gasteiger partial charge in [0.15, 0.2) is 6.29 Å². The monoisotopic (exact) mass is 223 g/mol. The quantitative estimate of drug-likeness (QED) is 0.434. The Morgan fingerprint density at radius 1 is 1.44 bits per heavy atom. The molecule has 0 radical (unpaired) electrons. The van der Waals surface area contributed by atoms with Crippen molar-refractivity contribution in [3.63, 3.8) is 0 Å². The van der Waals surface area contributed by atoms with Gasteiger partial charge >= 0.3 is 0 Å². The average molecular weight is 223 g/mol. The summed E-state index contributed by atoms with van der Waals surface area (Å²) >= 11 is 0. The molecule has 2 rings (SSSR count). The van der Waals surface area contributed by atoms with Crippen LogP contribution in [-0.2, 0) is 15.9 Å². The molecule has 0 saturated carbocycles. The van der Waals surface area contributed by atoms with Gasteiger partial charge < -0.3 is 9.47 Å². The first-order valence-corrected chi connectivity index (χ1v) is 5.21. The highest BCUT2D eigenvalue weighted by Crippen LogP contribution is 2.27. The van der Waals surface area contributed by atoms with Gasteiger partial charge in [0.1, 0.15) is 6.10 Å². The van der Waals surface area contributed by atoms with E-state index >= 15 is 0 Å². The highest BCUT2D eigenvalue weighted by atomic mass is 16.8. The lowest BCUT2D eigenvalue weighted by molar-refractivity contribution is -0.384. The van der Waals surface area contributed by atoms with Gasteiger partial charge in [0.2, 0.25) is 0 Å². The maximum absolute atomic E-state index is 10.4. The van der Waals surface area contributed by atoms with Crippen molar-refractivity contribution >= 4 is 5.69 Å². The van der Waals surface area contributed by atoms with E-state index in [0.717, 1.165) is 12.0 Å². The van der Waals surface area contributed by atoms with Crippen LogP contribution in [0.3, 0.4) is 0 Å². The normalized spacial score (nSPS) is 23.1. The van der Waals surface area contributed by atoms with E-state index in [1.54, 1.807) is 12.1 Å². The molecule has 1 fully saturated rings. The minimum absolute atomic E-state index is 0.0970. The molecule has 1 aromatic rings. The molecule has 2 unspecified atom stereocenters. The second-order valence-electron chi connectivity index (χ2n) is 3.63. The lowest BCUT2D eigenvalue weighted by atomic mass is 10.1. The van der Waals surface area contributed by atoms with Gasteiger partial charge in [-0.3, -0.25) is 10.1 Å². The standard InChI is InChI=1S/C11H13NO4/c1-2-15-11-10(16-11)7-8-3-5-9(6-4-8)12(13)14/h3-6,10-11H,2,7H2,1H3. The van der Waals surface area contributed by atoms with Gasteiger partial charge in [0.05, 0.1) is 4.92 Å². The molecular weight excluding hydrogens is 210 g/mol. The number of nitrogens with zero attached hydrogens (tertiary/aromatic N) is 1. The van der Waals surface area contributed by atoms with E-state index in [1.165, 1.54) is 12.1 Å². The smallest absolute Gasteiger partial charge is 0.269 e. The molecule has 5 nitrogen and oxygen atoms in total. The predicted octanol–water partition coefficient (Wildman–Crippen LogP) is 1.90. The summed E-state index contributed by atoms with van der Waals surface area (Å²) in [5.41, 5.74) is 1.14. The molecule has 0 N–H and O–H groups in total. The number of benzene rings is 1. The predicted molar refractivity (Wildman–Crippen MR) is 57.1 cm³/mol. The second-order valence-corrected chi connectivity index (χ2v) is 3.63. The fraction of sp³-hybridized carbons (Fsp3) is 0.455. The van der Waals surface area contributed by atoms with Gasteiger partial charge in [-0.1, -0.05) is 12.1 Å². The number of nitro benzene ring substituents is 1. The Morgan fingerprint density at radius 3 is 2.69 bits per heavy atom. The van der Waals surface area contributed by atoms with Crippen molar-refractivity contribution in [3.05, 3.63) is 39.9 Å². The van der Waals surface area contributed by atoms with Gasteiger partial charge in [-0.05, 0) is 12.5 Å².